The van der Waals surface area contributed by atoms with Gasteiger partial charge >= 0.3 is 6.09 Å². The zero-order valence-corrected chi connectivity index (χ0v) is 17.3. The summed E-state index contributed by atoms with van der Waals surface area (Å²) in [6, 6.07) is 0. The maximum Gasteiger partial charge on any atom is 0.406 e. The summed E-state index contributed by atoms with van der Waals surface area (Å²) in [5.41, 5.74) is -0.702. The zero-order valence-electron chi connectivity index (χ0n) is 16.5. The van der Waals surface area contributed by atoms with E-state index in [1.807, 2.05) is 48.5 Å². The van der Waals surface area contributed by atoms with Crippen LogP contribution in [0.2, 0.25) is 0 Å². The Morgan fingerprint density at radius 2 is 1.67 bits per heavy atom. The molecule has 0 spiro atoms. The van der Waals surface area contributed by atoms with Crippen LogP contribution in [0.25, 0.3) is 0 Å². The molecule has 1 N–H and O–H groups in total. The molecule has 1 amide bonds. The fourth-order valence-corrected chi connectivity index (χ4v) is 3.44. The van der Waals surface area contributed by atoms with Gasteiger partial charge in [-0.2, -0.15) is 4.31 Å². The first-order chi connectivity index (χ1) is 10.6. The van der Waals surface area contributed by atoms with Crippen LogP contribution in [0.1, 0.15) is 48.5 Å². The van der Waals surface area contributed by atoms with Crippen molar-refractivity contribution in [3.05, 3.63) is 0 Å². The second kappa shape index (κ2) is 8.49. The molecular weight excluding hydrogens is 332 g/mol. The minimum Gasteiger partial charge on any atom is -0.453 e. The molecule has 0 aromatic heterocycles. The van der Waals surface area contributed by atoms with Crippen LogP contribution in [0.3, 0.4) is 0 Å². The molecule has 0 aliphatic rings. The number of nitrogens with one attached hydrogen (secondary N) is 1. The Kier molecular flexibility index (Phi) is 8.18. The van der Waals surface area contributed by atoms with Crippen LogP contribution >= 0.6 is 0 Å². The van der Waals surface area contributed by atoms with Gasteiger partial charge in [-0.1, -0.05) is 20.8 Å². The van der Waals surface area contributed by atoms with Gasteiger partial charge in [0, 0.05) is 18.6 Å². The molecule has 0 saturated heterocycles. The van der Waals surface area contributed by atoms with Gasteiger partial charge in [-0.05, 0) is 33.1 Å². The standard InChI is InChI=1S/C16H34N2O5S/c1-12(15(2,3)4)23-13(10-17-14(19)22-8)11-18(16(5,6)7)24(9,20)21/h12-13H,10-11H2,1-9H3,(H,17,19). The van der Waals surface area contributed by atoms with Gasteiger partial charge in [0.1, 0.15) is 0 Å². The van der Waals surface area contributed by atoms with Crippen molar-refractivity contribution in [1.29, 1.82) is 0 Å². The van der Waals surface area contributed by atoms with Crippen molar-refractivity contribution in [3.8, 4) is 0 Å². The number of amides is 1. The Morgan fingerprint density at radius 1 is 1.17 bits per heavy atom. The van der Waals surface area contributed by atoms with Crippen LogP contribution in [0.5, 0.6) is 0 Å². The normalized spacial score (nSPS) is 15.9. The summed E-state index contributed by atoms with van der Waals surface area (Å²) in [6.07, 6.45) is -0.0137. The highest BCUT2D eigenvalue weighted by Crippen LogP contribution is 2.24. The predicted molar refractivity (Wildman–Crippen MR) is 95.5 cm³/mol. The van der Waals surface area contributed by atoms with Crippen molar-refractivity contribution in [2.24, 2.45) is 5.41 Å². The summed E-state index contributed by atoms with van der Waals surface area (Å²) in [6.45, 7) is 13.8. The van der Waals surface area contributed by atoms with Crippen LogP contribution in [-0.2, 0) is 19.5 Å². The molecule has 24 heavy (non-hydrogen) atoms. The van der Waals surface area contributed by atoms with Crippen molar-refractivity contribution < 1.29 is 22.7 Å². The number of rotatable bonds is 7. The predicted octanol–water partition coefficient (Wildman–Crippen LogP) is 2.22. The number of hydrogen-bond acceptors (Lipinski definition) is 5. The molecule has 0 radical (unpaired) electrons. The van der Waals surface area contributed by atoms with Crippen LogP contribution in [0.15, 0.2) is 0 Å². The van der Waals surface area contributed by atoms with Crippen LogP contribution in [0.4, 0.5) is 4.79 Å². The molecule has 2 atom stereocenters. The topological polar surface area (TPSA) is 84.9 Å². The summed E-state index contributed by atoms with van der Waals surface area (Å²) in [7, 11) is -2.14. The van der Waals surface area contributed by atoms with E-state index < -0.39 is 27.8 Å². The average molecular weight is 367 g/mol. The maximum absolute atomic E-state index is 12.1. The number of hydrogen-bond donors (Lipinski definition) is 1. The molecule has 2 unspecified atom stereocenters. The first-order valence-electron chi connectivity index (χ1n) is 8.04. The number of sulfonamides is 1. The summed E-state index contributed by atoms with van der Waals surface area (Å²) < 4.78 is 36.3. The van der Waals surface area contributed by atoms with Crippen LogP contribution in [-0.4, -0.2) is 63.0 Å². The van der Waals surface area contributed by atoms with Gasteiger partial charge in [0.2, 0.25) is 10.0 Å². The molecule has 0 aliphatic heterocycles. The summed E-state index contributed by atoms with van der Waals surface area (Å²) in [5.74, 6) is 0. The van der Waals surface area contributed by atoms with Gasteiger partial charge in [0.25, 0.3) is 0 Å². The van der Waals surface area contributed by atoms with E-state index in [0.29, 0.717) is 0 Å². The molecule has 0 heterocycles. The number of ether oxygens (including phenoxy) is 2. The first kappa shape index (κ1) is 23.1. The molecule has 7 nitrogen and oxygen atoms in total. The van der Waals surface area contributed by atoms with E-state index in [2.05, 4.69) is 10.1 Å². The van der Waals surface area contributed by atoms with Crippen molar-refractivity contribution in [2.45, 2.75) is 66.2 Å². The second-order valence-corrected chi connectivity index (χ2v) is 10.0. The van der Waals surface area contributed by atoms with E-state index in [-0.39, 0.29) is 24.6 Å². The lowest BCUT2D eigenvalue weighted by atomic mass is 9.90. The second-order valence-electron chi connectivity index (χ2n) is 8.10. The number of nitrogens with zero attached hydrogens (tertiary/aromatic N) is 1. The van der Waals surface area contributed by atoms with Crippen molar-refractivity contribution in [3.63, 3.8) is 0 Å². The quantitative estimate of drug-likeness (QED) is 0.747. The highest BCUT2D eigenvalue weighted by atomic mass is 32.2. The number of methoxy groups -OCH3 is 1. The molecule has 0 bridgehead atoms. The first-order valence-corrected chi connectivity index (χ1v) is 9.89. The highest BCUT2D eigenvalue weighted by molar-refractivity contribution is 7.88. The SMILES string of the molecule is COC(=O)NCC(CN(C(C)(C)C)S(C)(=O)=O)OC(C)C(C)(C)C. The number of carbonyl (C=O) groups is 1. The zero-order chi connectivity index (χ0) is 19.3. The van der Waals surface area contributed by atoms with Gasteiger partial charge in [-0.15, -0.1) is 0 Å². The molecule has 0 aromatic rings. The van der Waals surface area contributed by atoms with Gasteiger partial charge in [-0.25, -0.2) is 13.2 Å². The van der Waals surface area contributed by atoms with E-state index in [4.69, 9.17) is 4.74 Å². The van der Waals surface area contributed by atoms with E-state index in [9.17, 15) is 13.2 Å². The van der Waals surface area contributed by atoms with Gasteiger partial charge in [-0.3, -0.25) is 0 Å². The Balaban J connectivity index is 5.32. The minimum atomic E-state index is -3.42. The third-order valence-corrected chi connectivity index (χ3v) is 5.29. The minimum absolute atomic E-state index is 0.110. The fourth-order valence-electron chi connectivity index (χ4n) is 2.01. The molecule has 0 aromatic carbocycles. The van der Waals surface area contributed by atoms with Crippen molar-refractivity contribution in [1.82, 2.24) is 9.62 Å². The van der Waals surface area contributed by atoms with E-state index in [1.54, 1.807) is 0 Å². The Morgan fingerprint density at radius 3 is 2.00 bits per heavy atom. The lowest BCUT2D eigenvalue weighted by Gasteiger charge is -2.38. The fraction of sp³-hybridized carbons (Fsp3) is 0.938. The molecule has 0 rings (SSSR count). The Labute approximate surface area is 147 Å². The van der Waals surface area contributed by atoms with E-state index >= 15 is 0 Å². The third-order valence-electron chi connectivity index (χ3n) is 3.79. The van der Waals surface area contributed by atoms with Crippen LogP contribution < -0.4 is 5.32 Å². The largest absolute Gasteiger partial charge is 0.453 e. The molecule has 0 aliphatic carbocycles. The average Bonchev–Trinajstić information content (AvgIpc) is 2.36. The smallest absolute Gasteiger partial charge is 0.406 e. The Hall–Kier alpha value is -0.860. The van der Waals surface area contributed by atoms with E-state index in [0.717, 1.165) is 0 Å². The summed E-state index contributed by atoms with van der Waals surface area (Å²) >= 11 is 0. The molecule has 144 valence electrons. The van der Waals surface area contributed by atoms with Gasteiger partial charge in [0.15, 0.2) is 0 Å². The summed E-state index contributed by atoms with van der Waals surface area (Å²) in [5, 5.41) is 2.59. The highest BCUT2D eigenvalue weighted by Gasteiger charge is 2.34. The van der Waals surface area contributed by atoms with Gasteiger partial charge < -0.3 is 14.8 Å². The maximum atomic E-state index is 12.1. The number of alkyl carbamates (subject to hydrolysis) is 1. The number of carbonyl (C=O) groups excluding carboxylic acids is 1. The lowest BCUT2D eigenvalue weighted by molar-refractivity contribution is -0.0633. The summed E-state index contributed by atoms with van der Waals surface area (Å²) in [4.78, 5) is 11.4. The molecule has 8 heteroatoms. The van der Waals surface area contributed by atoms with Crippen molar-refractivity contribution >= 4 is 16.1 Å². The van der Waals surface area contributed by atoms with E-state index in [1.165, 1.54) is 17.7 Å². The van der Waals surface area contributed by atoms with Crippen molar-refractivity contribution in [2.75, 3.05) is 26.5 Å². The Bertz CT molecular complexity index is 506. The molecular formula is C16H34N2O5S. The molecule has 0 fully saturated rings. The molecule has 0 saturated carbocycles. The lowest BCUT2D eigenvalue weighted by Crippen LogP contribution is -2.52. The monoisotopic (exact) mass is 366 g/mol. The van der Waals surface area contributed by atoms with Crippen LogP contribution in [0, 0.1) is 5.41 Å². The third kappa shape index (κ3) is 8.30. The van der Waals surface area contributed by atoms with Gasteiger partial charge in [0.05, 0.1) is 25.6 Å².